The molecule has 6 heteroatoms. The summed E-state index contributed by atoms with van der Waals surface area (Å²) in [5, 5.41) is 2.93. The van der Waals surface area contributed by atoms with E-state index in [1.165, 1.54) is 0 Å². The van der Waals surface area contributed by atoms with Crippen LogP contribution in [0.4, 0.5) is 0 Å². The number of carbonyl (C=O) groups is 2. The fourth-order valence-electron chi connectivity index (χ4n) is 3.52. The maximum atomic E-state index is 13.3. The number of rotatable bonds is 11. The maximum Gasteiger partial charge on any atom is 0.261 e. The number of nitrogens with one attached hydrogen (secondary N) is 1. The van der Waals surface area contributed by atoms with Crippen LogP contribution in [-0.4, -0.2) is 43.0 Å². The second-order valence-electron chi connectivity index (χ2n) is 9.23. The van der Waals surface area contributed by atoms with Gasteiger partial charge in [-0.3, -0.25) is 9.59 Å². The molecule has 2 aromatic carbocycles. The Labute approximate surface area is 198 Å². The first-order valence-electron chi connectivity index (χ1n) is 11.6. The molecule has 2 aromatic rings. The number of nitrogens with zero attached hydrogens (tertiary/aromatic N) is 1. The van der Waals surface area contributed by atoms with Crippen LogP contribution in [0.5, 0.6) is 11.5 Å². The van der Waals surface area contributed by atoms with Gasteiger partial charge in [-0.2, -0.15) is 0 Å². The first kappa shape index (κ1) is 26.2. The van der Waals surface area contributed by atoms with Crippen molar-refractivity contribution in [3.8, 4) is 11.5 Å². The van der Waals surface area contributed by atoms with Gasteiger partial charge >= 0.3 is 0 Å². The molecule has 0 aliphatic rings. The lowest BCUT2D eigenvalue weighted by atomic mass is 9.86. The van der Waals surface area contributed by atoms with Crippen molar-refractivity contribution < 1.29 is 19.1 Å². The third-order valence-electron chi connectivity index (χ3n) is 5.53. The van der Waals surface area contributed by atoms with E-state index in [9.17, 15) is 9.59 Å². The third-order valence-corrected chi connectivity index (χ3v) is 5.53. The van der Waals surface area contributed by atoms with Gasteiger partial charge in [-0.1, -0.05) is 64.4 Å². The van der Waals surface area contributed by atoms with Crippen LogP contribution in [-0.2, 0) is 21.5 Å². The second kappa shape index (κ2) is 12.3. The minimum atomic E-state index is -0.637. The Morgan fingerprint density at radius 1 is 1.09 bits per heavy atom. The number of methoxy groups -OCH3 is 1. The zero-order valence-corrected chi connectivity index (χ0v) is 20.8. The molecule has 33 heavy (non-hydrogen) atoms. The van der Waals surface area contributed by atoms with E-state index >= 15 is 0 Å². The van der Waals surface area contributed by atoms with E-state index in [0.717, 1.165) is 24.0 Å². The summed E-state index contributed by atoms with van der Waals surface area (Å²) in [5.74, 6) is 0.962. The number of para-hydroxylation sites is 1. The summed E-state index contributed by atoms with van der Waals surface area (Å²) in [6.45, 7) is 10.9. The molecule has 0 aromatic heterocycles. The third kappa shape index (κ3) is 7.81. The van der Waals surface area contributed by atoms with Crippen molar-refractivity contribution in [1.82, 2.24) is 10.2 Å². The average Bonchev–Trinajstić information content (AvgIpc) is 2.80. The van der Waals surface area contributed by atoms with E-state index < -0.39 is 6.04 Å². The van der Waals surface area contributed by atoms with Gasteiger partial charge in [-0.05, 0) is 48.1 Å². The SMILES string of the molecule is CCCCNC(=O)C(C)N(Cc1cccc(OC)c1)C(=O)COc1ccccc1C(C)(C)C. The highest BCUT2D eigenvalue weighted by Gasteiger charge is 2.27. The van der Waals surface area contributed by atoms with E-state index in [1.54, 1.807) is 18.9 Å². The molecule has 0 aliphatic heterocycles. The van der Waals surface area contributed by atoms with Gasteiger partial charge in [0.25, 0.3) is 5.91 Å². The topological polar surface area (TPSA) is 67.9 Å². The van der Waals surface area contributed by atoms with Gasteiger partial charge in [0.15, 0.2) is 6.61 Å². The Hall–Kier alpha value is -3.02. The van der Waals surface area contributed by atoms with Crippen LogP contribution in [0, 0.1) is 0 Å². The molecule has 0 spiro atoms. The summed E-state index contributed by atoms with van der Waals surface area (Å²) in [4.78, 5) is 27.6. The second-order valence-corrected chi connectivity index (χ2v) is 9.23. The molecule has 0 heterocycles. The summed E-state index contributed by atoms with van der Waals surface area (Å²) in [6.07, 6.45) is 1.89. The lowest BCUT2D eigenvalue weighted by Gasteiger charge is -2.29. The van der Waals surface area contributed by atoms with Crippen molar-refractivity contribution in [2.24, 2.45) is 0 Å². The average molecular weight is 455 g/mol. The van der Waals surface area contributed by atoms with E-state index in [0.29, 0.717) is 18.0 Å². The number of hydrogen-bond donors (Lipinski definition) is 1. The van der Waals surface area contributed by atoms with E-state index in [2.05, 4.69) is 33.0 Å². The lowest BCUT2D eigenvalue weighted by Crippen LogP contribution is -2.49. The fourth-order valence-corrected chi connectivity index (χ4v) is 3.52. The number of amides is 2. The van der Waals surface area contributed by atoms with Gasteiger partial charge in [-0.15, -0.1) is 0 Å². The molecule has 0 saturated carbocycles. The summed E-state index contributed by atoms with van der Waals surface area (Å²) in [5.41, 5.74) is 1.79. The standard InChI is InChI=1S/C27H38N2O4/c1-7-8-16-28-26(31)20(2)29(18-21-12-11-13-22(17-21)32-6)25(30)19-33-24-15-10-9-14-23(24)27(3,4)5/h9-15,17,20H,7-8,16,18-19H2,1-6H3,(H,28,31). The summed E-state index contributed by atoms with van der Waals surface area (Å²) in [6, 6.07) is 14.6. The van der Waals surface area contributed by atoms with Crippen LogP contribution in [0.1, 0.15) is 58.6 Å². The largest absolute Gasteiger partial charge is 0.497 e. The van der Waals surface area contributed by atoms with Crippen molar-refractivity contribution in [2.75, 3.05) is 20.3 Å². The number of ether oxygens (including phenoxy) is 2. The number of hydrogen-bond acceptors (Lipinski definition) is 4. The molecular weight excluding hydrogens is 416 g/mol. The molecule has 0 bridgehead atoms. The normalized spacial score (nSPS) is 12.1. The molecule has 1 atom stereocenters. The Morgan fingerprint density at radius 2 is 1.82 bits per heavy atom. The Morgan fingerprint density at radius 3 is 2.48 bits per heavy atom. The van der Waals surface area contributed by atoms with Crippen molar-refractivity contribution in [3.63, 3.8) is 0 Å². The summed E-state index contributed by atoms with van der Waals surface area (Å²) in [7, 11) is 1.60. The zero-order valence-electron chi connectivity index (χ0n) is 20.8. The molecule has 2 amide bonds. The van der Waals surface area contributed by atoms with E-state index in [4.69, 9.17) is 9.47 Å². The van der Waals surface area contributed by atoms with Gasteiger partial charge in [0.1, 0.15) is 17.5 Å². The van der Waals surface area contributed by atoms with Crippen molar-refractivity contribution in [1.29, 1.82) is 0 Å². The first-order chi connectivity index (χ1) is 15.7. The molecule has 0 aliphatic carbocycles. The Bertz CT molecular complexity index is 920. The zero-order chi connectivity index (χ0) is 24.4. The minimum Gasteiger partial charge on any atom is -0.497 e. The predicted molar refractivity (Wildman–Crippen MR) is 132 cm³/mol. The molecule has 0 radical (unpaired) electrons. The number of carbonyl (C=O) groups excluding carboxylic acids is 2. The van der Waals surface area contributed by atoms with Gasteiger partial charge in [0.05, 0.1) is 7.11 Å². The minimum absolute atomic E-state index is 0.119. The summed E-state index contributed by atoms with van der Waals surface area (Å²) >= 11 is 0. The van der Waals surface area contributed by atoms with E-state index in [1.807, 2.05) is 48.5 Å². The van der Waals surface area contributed by atoms with Gasteiger partial charge < -0.3 is 19.7 Å². The van der Waals surface area contributed by atoms with Crippen molar-refractivity contribution in [2.45, 2.75) is 65.5 Å². The first-order valence-corrected chi connectivity index (χ1v) is 11.6. The molecule has 0 fully saturated rings. The molecule has 180 valence electrons. The highest BCUT2D eigenvalue weighted by atomic mass is 16.5. The van der Waals surface area contributed by atoms with Crippen LogP contribution in [0.3, 0.4) is 0 Å². The van der Waals surface area contributed by atoms with Crippen LogP contribution < -0.4 is 14.8 Å². The van der Waals surface area contributed by atoms with Crippen molar-refractivity contribution in [3.05, 3.63) is 59.7 Å². The molecule has 6 nitrogen and oxygen atoms in total. The van der Waals surface area contributed by atoms with E-state index in [-0.39, 0.29) is 30.4 Å². The quantitative estimate of drug-likeness (QED) is 0.500. The highest BCUT2D eigenvalue weighted by Crippen LogP contribution is 2.31. The lowest BCUT2D eigenvalue weighted by molar-refractivity contribution is -0.142. The molecule has 2 rings (SSSR count). The van der Waals surface area contributed by atoms with Gasteiger partial charge in [0.2, 0.25) is 5.91 Å². The van der Waals surface area contributed by atoms with Crippen molar-refractivity contribution >= 4 is 11.8 Å². The maximum absolute atomic E-state index is 13.3. The fraction of sp³-hybridized carbons (Fsp3) is 0.481. The molecular formula is C27H38N2O4. The van der Waals surface area contributed by atoms with Gasteiger partial charge in [0, 0.05) is 13.1 Å². The van der Waals surface area contributed by atoms with Gasteiger partial charge in [-0.25, -0.2) is 0 Å². The Balaban J connectivity index is 2.21. The van der Waals surface area contributed by atoms with Crippen LogP contribution in [0.2, 0.25) is 0 Å². The number of unbranched alkanes of at least 4 members (excludes halogenated alkanes) is 1. The van der Waals surface area contributed by atoms with Crippen LogP contribution >= 0.6 is 0 Å². The van der Waals surface area contributed by atoms with Crippen LogP contribution in [0.25, 0.3) is 0 Å². The molecule has 1 unspecified atom stereocenters. The van der Waals surface area contributed by atoms with Crippen LogP contribution in [0.15, 0.2) is 48.5 Å². The molecule has 0 saturated heterocycles. The summed E-state index contributed by atoms with van der Waals surface area (Å²) < 4.78 is 11.3. The molecule has 1 N–H and O–H groups in total. The number of benzene rings is 2. The predicted octanol–water partition coefficient (Wildman–Crippen LogP) is 4.71. The monoisotopic (exact) mass is 454 g/mol. The Kier molecular flexibility index (Phi) is 9.76. The smallest absolute Gasteiger partial charge is 0.261 e. The highest BCUT2D eigenvalue weighted by molar-refractivity contribution is 5.88.